The van der Waals surface area contributed by atoms with Gasteiger partial charge >= 0.3 is 17.9 Å². The molecule has 0 aromatic heterocycles. The van der Waals surface area contributed by atoms with Crippen LogP contribution in [0.25, 0.3) is 0 Å². The second kappa shape index (κ2) is 5.85. The zero-order valence-electron chi connectivity index (χ0n) is 15.2. The lowest BCUT2D eigenvalue weighted by molar-refractivity contribution is -0.163. The first-order valence-electron chi connectivity index (χ1n) is 9.07. The summed E-state index contributed by atoms with van der Waals surface area (Å²) in [5.41, 5.74) is -0.476. The van der Waals surface area contributed by atoms with Crippen LogP contribution in [0.5, 0.6) is 0 Å². The van der Waals surface area contributed by atoms with Crippen molar-refractivity contribution in [1.82, 2.24) is 0 Å². The van der Waals surface area contributed by atoms with Crippen molar-refractivity contribution in [3.8, 4) is 0 Å². The van der Waals surface area contributed by atoms with Gasteiger partial charge in [0.25, 0.3) is 0 Å². The van der Waals surface area contributed by atoms with Crippen LogP contribution in [0.4, 0.5) is 0 Å². The van der Waals surface area contributed by atoms with Gasteiger partial charge in [-0.3, -0.25) is 14.4 Å². The van der Waals surface area contributed by atoms with Crippen molar-refractivity contribution in [2.75, 3.05) is 0 Å². The Labute approximate surface area is 143 Å². The van der Waals surface area contributed by atoms with E-state index < -0.39 is 17.5 Å². The molecule has 2 aliphatic carbocycles. The Morgan fingerprint density at radius 1 is 1.17 bits per heavy atom. The van der Waals surface area contributed by atoms with E-state index >= 15 is 0 Å². The fraction of sp³-hybridized carbons (Fsp3) is 0.842. The predicted octanol–water partition coefficient (Wildman–Crippen LogP) is 2.96. The molecule has 0 N–H and O–H groups in total. The van der Waals surface area contributed by atoms with Gasteiger partial charge in [-0.05, 0) is 63.7 Å². The van der Waals surface area contributed by atoms with E-state index in [0.717, 1.165) is 12.8 Å². The van der Waals surface area contributed by atoms with E-state index in [1.807, 2.05) is 20.8 Å². The van der Waals surface area contributed by atoms with E-state index in [1.165, 1.54) is 0 Å². The second-order valence-electron chi connectivity index (χ2n) is 8.93. The van der Waals surface area contributed by atoms with Crippen LogP contribution in [0.2, 0.25) is 0 Å². The molecular weight excluding hydrogens is 308 g/mol. The van der Waals surface area contributed by atoms with Crippen molar-refractivity contribution in [2.45, 2.75) is 59.5 Å². The van der Waals surface area contributed by atoms with Gasteiger partial charge in [-0.15, -0.1) is 0 Å². The summed E-state index contributed by atoms with van der Waals surface area (Å²) >= 11 is 0. The molecule has 134 valence electrons. The lowest BCUT2D eigenvalue weighted by Crippen LogP contribution is -2.37. The molecule has 1 heterocycles. The minimum Gasteiger partial charge on any atom is -0.460 e. The lowest BCUT2D eigenvalue weighted by atomic mass is 9.70. The van der Waals surface area contributed by atoms with Crippen molar-refractivity contribution >= 4 is 17.9 Å². The molecule has 0 radical (unpaired) electrons. The summed E-state index contributed by atoms with van der Waals surface area (Å²) in [6.07, 6.45) is 2.56. The molecule has 3 rings (SSSR count). The quantitative estimate of drug-likeness (QED) is 0.585. The standard InChI is InChI=1S/C19H28O5/c1-9-11-6-14(15(7-11)18(22)24-19(3,4)5)12(9)8-13-10(2)16(20)23-17(13)21/h9-15H,6-8H2,1-5H3/t9?,10?,11?,12?,13?,14?,15-/m1/s1. The molecular formula is C19H28O5. The van der Waals surface area contributed by atoms with Crippen molar-refractivity contribution in [1.29, 1.82) is 0 Å². The maximum Gasteiger partial charge on any atom is 0.317 e. The van der Waals surface area contributed by atoms with E-state index in [0.29, 0.717) is 18.3 Å². The molecule has 5 nitrogen and oxygen atoms in total. The van der Waals surface area contributed by atoms with E-state index in [-0.39, 0.29) is 35.6 Å². The zero-order chi connectivity index (χ0) is 17.8. The highest BCUT2D eigenvalue weighted by Gasteiger charge is 2.55. The molecule has 24 heavy (non-hydrogen) atoms. The number of rotatable bonds is 3. The summed E-state index contributed by atoms with van der Waals surface area (Å²) in [4.78, 5) is 36.1. The number of esters is 3. The van der Waals surface area contributed by atoms with Crippen molar-refractivity contribution in [2.24, 2.45) is 41.4 Å². The topological polar surface area (TPSA) is 69.7 Å². The molecule has 6 unspecified atom stereocenters. The van der Waals surface area contributed by atoms with Crippen LogP contribution < -0.4 is 0 Å². The molecule has 7 atom stereocenters. The third-order valence-corrected chi connectivity index (χ3v) is 6.33. The SMILES string of the molecule is CC1C(=O)OC(=O)C1CC1C(C)C2CC1[C@H](C(=O)OC(C)(C)C)C2. The Morgan fingerprint density at radius 2 is 1.83 bits per heavy atom. The molecule has 2 saturated carbocycles. The first-order valence-corrected chi connectivity index (χ1v) is 9.07. The van der Waals surface area contributed by atoms with Gasteiger partial charge in [0.05, 0.1) is 17.8 Å². The highest BCUT2D eigenvalue weighted by atomic mass is 16.6. The Morgan fingerprint density at radius 3 is 2.33 bits per heavy atom. The van der Waals surface area contributed by atoms with Gasteiger partial charge < -0.3 is 9.47 Å². The Hall–Kier alpha value is -1.39. The van der Waals surface area contributed by atoms with Crippen molar-refractivity contribution in [3.63, 3.8) is 0 Å². The summed E-state index contributed by atoms with van der Waals surface area (Å²) < 4.78 is 10.4. The van der Waals surface area contributed by atoms with Crippen LogP contribution in [0, 0.1) is 41.4 Å². The van der Waals surface area contributed by atoms with Crippen LogP contribution in [-0.2, 0) is 23.9 Å². The molecule has 0 aromatic carbocycles. The van der Waals surface area contributed by atoms with Crippen molar-refractivity contribution < 1.29 is 23.9 Å². The number of hydrogen-bond donors (Lipinski definition) is 0. The van der Waals surface area contributed by atoms with E-state index in [9.17, 15) is 14.4 Å². The summed E-state index contributed by atoms with van der Waals surface area (Å²) in [5.74, 6) is -0.176. The highest BCUT2D eigenvalue weighted by Crippen LogP contribution is 2.58. The second-order valence-corrected chi connectivity index (χ2v) is 8.93. The average molecular weight is 336 g/mol. The van der Waals surface area contributed by atoms with E-state index in [1.54, 1.807) is 6.92 Å². The van der Waals surface area contributed by atoms with Gasteiger partial charge in [0.2, 0.25) is 0 Å². The van der Waals surface area contributed by atoms with E-state index in [2.05, 4.69) is 6.92 Å². The number of fused-ring (bicyclic) bond motifs is 2. The van der Waals surface area contributed by atoms with Crippen LogP contribution in [0.3, 0.4) is 0 Å². The third-order valence-electron chi connectivity index (χ3n) is 6.33. The van der Waals surface area contributed by atoms with E-state index in [4.69, 9.17) is 9.47 Å². The lowest BCUT2D eigenvalue weighted by Gasteiger charge is -2.35. The maximum absolute atomic E-state index is 12.6. The van der Waals surface area contributed by atoms with Crippen LogP contribution in [0.1, 0.15) is 53.9 Å². The third kappa shape index (κ3) is 2.98. The van der Waals surface area contributed by atoms with Crippen LogP contribution in [0.15, 0.2) is 0 Å². The number of ether oxygens (including phenoxy) is 2. The molecule has 0 amide bonds. The number of carbonyl (C=O) groups excluding carboxylic acids is 3. The zero-order valence-corrected chi connectivity index (χ0v) is 15.2. The molecule has 5 heteroatoms. The Balaban J connectivity index is 1.71. The Kier molecular flexibility index (Phi) is 4.25. The number of cyclic esters (lactones) is 2. The molecule has 3 aliphatic rings. The van der Waals surface area contributed by atoms with Gasteiger partial charge in [0, 0.05) is 0 Å². The number of carbonyl (C=O) groups is 3. The predicted molar refractivity (Wildman–Crippen MR) is 86.6 cm³/mol. The summed E-state index contributed by atoms with van der Waals surface area (Å²) in [5, 5.41) is 0. The summed E-state index contributed by atoms with van der Waals surface area (Å²) in [7, 11) is 0. The minimum absolute atomic E-state index is 0.0705. The Bertz CT molecular complexity index is 561. The normalized spacial score (nSPS) is 41.6. The van der Waals surface area contributed by atoms with Gasteiger partial charge in [-0.2, -0.15) is 0 Å². The first-order chi connectivity index (χ1) is 11.1. The fourth-order valence-electron chi connectivity index (χ4n) is 5.02. The molecule has 3 fully saturated rings. The first kappa shape index (κ1) is 17.4. The number of hydrogen-bond acceptors (Lipinski definition) is 5. The van der Waals surface area contributed by atoms with Crippen LogP contribution in [-0.4, -0.2) is 23.5 Å². The average Bonchev–Trinajstić information content (AvgIpc) is 3.07. The van der Waals surface area contributed by atoms with Gasteiger partial charge in [-0.25, -0.2) is 0 Å². The molecule has 1 saturated heterocycles. The largest absolute Gasteiger partial charge is 0.460 e. The summed E-state index contributed by atoms with van der Waals surface area (Å²) in [6, 6.07) is 0. The molecule has 2 bridgehead atoms. The minimum atomic E-state index is -0.476. The molecule has 0 aromatic rings. The fourth-order valence-corrected chi connectivity index (χ4v) is 5.02. The van der Waals surface area contributed by atoms with Gasteiger partial charge in [0.15, 0.2) is 0 Å². The summed E-state index contributed by atoms with van der Waals surface area (Å²) in [6.45, 7) is 9.65. The molecule has 0 spiro atoms. The van der Waals surface area contributed by atoms with Gasteiger partial charge in [0.1, 0.15) is 5.60 Å². The maximum atomic E-state index is 12.6. The molecule has 1 aliphatic heterocycles. The monoisotopic (exact) mass is 336 g/mol. The van der Waals surface area contributed by atoms with Crippen LogP contribution >= 0.6 is 0 Å². The highest BCUT2D eigenvalue weighted by molar-refractivity contribution is 5.96. The smallest absolute Gasteiger partial charge is 0.317 e. The van der Waals surface area contributed by atoms with Crippen molar-refractivity contribution in [3.05, 3.63) is 0 Å². The van der Waals surface area contributed by atoms with Gasteiger partial charge in [-0.1, -0.05) is 13.8 Å².